The standard InChI is InChI=1S/C27H25NO3S/c1-2-4-18-7-9-19(10-8-18)22-5-3-6-24-23(22)15-16-25(24)31-21-13-11-20(12-14-21)26-17-27(29)28-32(26)30/h3,5-14,17,25H,2,4,15-16H2,1H3,(H,28,29)/t25-,32?/m1/s1. The van der Waals surface area contributed by atoms with Gasteiger partial charge in [-0.05, 0) is 64.8 Å². The fourth-order valence-corrected chi connectivity index (χ4v) is 5.47. The molecule has 1 aliphatic heterocycles. The summed E-state index contributed by atoms with van der Waals surface area (Å²) in [5.41, 5.74) is 7.31. The van der Waals surface area contributed by atoms with Crippen molar-refractivity contribution in [2.75, 3.05) is 0 Å². The Morgan fingerprint density at radius 1 is 1.00 bits per heavy atom. The molecule has 4 nitrogen and oxygen atoms in total. The molecule has 1 N–H and O–H groups in total. The van der Waals surface area contributed by atoms with Crippen molar-refractivity contribution in [2.24, 2.45) is 0 Å². The van der Waals surface area contributed by atoms with E-state index >= 15 is 0 Å². The van der Waals surface area contributed by atoms with E-state index in [0.29, 0.717) is 4.91 Å². The van der Waals surface area contributed by atoms with Gasteiger partial charge in [-0.15, -0.1) is 0 Å². The number of amides is 1. The average Bonchev–Trinajstić information content (AvgIpc) is 3.37. The molecule has 2 atom stereocenters. The molecule has 3 aromatic rings. The molecule has 162 valence electrons. The summed E-state index contributed by atoms with van der Waals surface area (Å²) >= 11 is 0. The van der Waals surface area contributed by atoms with E-state index in [4.69, 9.17) is 4.74 Å². The molecule has 0 bridgehead atoms. The molecule has 0 spiro atoms. The molecule has 1 aliphatic carbocycles. The number of hydrogen-bond donors (Lipinski definition) is 1. The molecular formula is C27H25NO3S. The first-order chi connectivity index (χ1) is 15.6. The molecule has 0 fully saturated rings. The van der Waals surface area contributed by atoms with Crippen molar-refractivity contribution < 1.29 is 13.7 Å². The zero-order valence-electron chi connectivity index (χ0n) is 18.0. The topological polar surface area (TPSA) is 55.4 Å². The molecule has 2 aliphatic rings. The smallest absolute Gasteiger partial charge is 0.257 e. The Labute approximate surface area is 190 Å². The van der Waals surface area contributed by atoms with Crippen molar-refractivity contribution in [3.8, 4) is 16.9 Å². The fraction of sp³-hybridized carbons (Fsp3) is 0.222. The highest BCUT2D eigenvalue weighted by Crippen LogP contribution is 2.40. The minimum Gasteiger partial charge on any atom is -0.486 e. The summed E-state index contributed by atoms with van der Waals surface area (Å²) in [5.74, 6) is 0.446. The maximum Gasteiger partial charge on any atom is 0.257 e. The van der Waals surface area contributed by atoms with Gasteiger partial charge in [-0.1, -0.05) is 67.9 Å². The van der Waals surface area contributed by atoms with Crippen molar-refractivity contribution in [1.82, 2.24) is 4.72 Å². The Kier molecular flexibility index (Phi) is 5.66. The Bertz CT molecular complexity index is 1210. The molecule has 32 heavy (non-hydrogen) atoms. The van der Waals surface area contributed by atoms with Crippen LogP contribution in [0.3, 0.4) is 0 Å². The Morgan fingerprint density at radius 3 is 2.44 bits per heavy atom. The van der Waals surface area contributed by atoms with Crippen LogP contribution in [0.5, 0.6) is 5.75 Å². The molecule has 0 radical (unpaired) electrons. The SMILES string of the molecule is CCCc1ccc(-c2cccc3c2CC[C@H]3Oc2ccc(C3=CC(=O)NS3=O)cc2)cc1. The van der Waals surface area contributed by atoms with Crippen LogP contribution in [0.1, 0.15) is 48.1 Å². The lowest BCUT2D eigenvalue weighted by molar-refractivity contribution is -0.114. The molecule has 5 heteroatoms. The number of rotatable bonds is 6. The molecule has 1 heterocycles. The third-order valence-corrected chi connectivity index (χ3v) is 7.23. The van der Waals surface area contributed by atoms with Gasteiger partial charge in [-0.25, -0.2) is 4.21 Å². The highest BCUT2D eigenvalue weighted by molar-refractivity contribution is 7.93. The van der Waals surface area contributed by atoms with Crippen molar-refractivity contribution in [3.05, 3.63) is 95.1 Å². The number of benzene rings is 3. The second-order valence-corrected chi connectivity index (χ2v) is 9.41. The van der Waals surface area contributed by atoms with Crippen LogP contribution in [0, 0.1) is 0 Å². The van der Waals surface area contributed by atoms with E-state index in [1.165, 1.54) is 33.9 Å². The van der Waals surface area contributed by atoms with Crippen LogP contribution in [0.2, 0.25) is 0 Å². The maximum atomic E-state index is 12.0. The third-order valence-electron chi connectivity index (χ3n) is 6.09. The molecular weight excluding hydrogens is 418 g/mol. The molecule has 3 aromatic carbocycles. The van der Waals surface area contributed by atoms with Gasteiger partial charge >= 0.3 is 0 Å². The zero-order chi connectivity index (χ0) is 22.1. The average molecular weight is 444 g/mol. The number of carbonyl (C=O) groups excluding carboxylic acids is 1. The summed E-state index contributed by atoms with van der Waals surface area (Å²) in [4.78, 5) is 11.9. The van der Waals surface area contributed by atoms with Crippen LogP contribution in [-0.2, 0) is 28.6 Å². The van der Waals surface area contributed by atoms with Gasteiger partial charge < -0.3 is 4.74 Å². The normalized spacial score (nSPS) is 19.4. The van der Waals surface area contributed by atoms with Gasteiger partial charge in [0.05, 0.1) is 4.91 Å². The number of aryl methyl sites for hydroxylation is 1. The lowest BCUT2D eigenvalue weighted by Crippen LogP contribution is -2.16. The van der Waals surface area contributed by atoms with Gasteiger partial charge in [0.25, 0.3) is 5.91 Å². The number of nitrogens with one attached hydrogen (secondary N) is 1. The number of carbonyl (C=O) groups is 1. The summed E-state index contributed by atoms with van der Waals surface area (Å²) in [5, 5.41) is 0. The number of ether oxygens (including phenoxy) is 1. The monoisotopic (exact) mass is 443 g/mol. The zero-order valence-corrected chi connectivity index (χ0v) is 18.8. The number of hydrogen-bond acceptors (Lipinski definition) is 3. The van der Waals surface area contributed by atoms with E-state index < -0.39 is 11.0 Å². The van der Waals surface area contributed by atoms with E-state index in [2.05, 4.69) is 54.1 Å². The van der Waals surface area contributed by atoms with Gasteiger partial charge in [0.2, 0.25) is 0 Å². The maximum absolute atomic E-state index is 12.0. The van der Waals surface area contributed by atoms with Crippen LogP contribution in [0.15, 0.2) is 72.8 Å². The first kappa shape index (κ1) is 20.7. The van der Waals surface area contributed by atoms with Crippen molar-refractivity contribution >= 4 is 21.8 Å². The van der Waals surface area contributed by atoms with Crippen molar-refractivity contribution in [2.45, 2.75) is 38.7 Å². The fourth-order valence-electron chi connectivity index (χ4n) is 4.55. The summed E-state index contributed by atoms with van der Waals surface area (Å²) in [6.07, 6.45) is 5.60. The highest BCUT2D eigenvalue weighted by Gasteiger charge is 2.27. The highest BCUT2D eigenvalue weighted by atomic mass is 32.2. The summed E-state index contributed by atoms with van der Waals surface area (Å²) < 4.78 is 20.7. The predicted molar refractivity (Wildman–Crippen MR) is 128 cm³/mol. The van der Waals surface area contributed by atoms with Crippen LogP contribution in [0.25, 0.3) is 16.0 Å². The predicted octanol–water partition coefficient (Wildman–Crippen LogP) is 5.51. The van der Waals surface area contributed by atoms with Gasteiger partial charge in [-0.2, -0.15) is 0 Å². The molecule has 1 amide bonds. The quantitative estimate of drug-likeness (QED) is 0.547. The summed E-state index contributed by atoms with van der Waals surface area (Å²) in [7, 11) is -1.49. The second-order valence-electron chi connectivity index (χ2n) is 8.23. The van der Waals surface area contributed by atoms with E-state index in [-0.39, 0.29) is 12.0 Å². The van der Waals surface area contributed by atoms with Gasteiger partial charge in [0.1, 0.15) is 11.9 Å². The van der Waals surface area contributed by atoms with Gasteiger partial charge in [-0.3, -0.25) is 9.52 Å². The lowest BCUT2D eigenvalue weighted by atomic mass is 9.95. The minimum atomic E-state index is -1.49. The Balaban J connectivity index is 1.35. The van der Waals surface area contributed by atoms with E-state index in [0.717, 1.165) is 37.0 Å². The van der Waals surface area contributed by atoms with E-state index in [9.17, 15) is 9.00 Å². The first-order valence-corrected chi connectivity index (χ1v) is 12.2. The second kappa shape index (κ2) is 8.75. The van der Waals surface area contributed by atoms with Crippen LogP contribution >= 0.6 is 0 Å². The van der Waals surface area contributed by atoms with Gasteiger partial charge in [0.15, 0.2) is 11.0 Å². The van der Waals surface area contributed by atoms with Crippen LogP contribution in [0.4, 0.5) is 0 Å². The van der Waals surface area contributed by atoms with Crippen molar-refractivity contribution in [1.29, 1.82) is 0 Å². The third kappa shape index (κ3) is 4.00. The molecule has 0 aromatic heterocycles. The lowest BCUT2D eigenvalue weighted by Gasteiger charge is -2.16. The van der Waals surface area contributed by atoms with E-state index in [1.54, 1.807) is 0 Å². The molecule has 0 saturated heterocycles. The molecule has 0 saturated carbocycles. The summed E-state index contributed by atoms with van der Waals surface area (Å²) in [6, 6.07) is 22.9. The minimum absolute atomic E-state index is 0.0123. The van der Waals surface area contributed by atoms with Gasteiger partial charge in [0, 0.05) is 6.08 Å². The summed E-state index contributed by atoms with van der Waals surface area (Å²) in [6.45, 7) is 2.21. The Morgan fingerprint density at radius 2 is 1.75 bits per heavy atom. The number of fused-ring (bicyclic) bond motifs is 1. The van der Waals surface area contributed by atoms with Crippen LogP contribution in [-0.4, -0.2) is 10.1 Å². The molecule has 5 rings (SSSR count). The van der Waals surface area contributed by atoms with E-state index in [1.807, 2.05) is 24.3 Å². The van der Waals surface area contributed by atoms with Crippen LogP contribution < -0.4 is 9.46 Å². The van der Waals surface area contributed by atoms with Crippen molar-refractivity contribution in [3.63, 3.8) is 0 Å². The Hall–Kier alpha value is -3.18. The molecule has 1 unspecified atom stereocenters. The first-order valence-electron chi connectivity index (χ1n) is 11.0. The largest absolute Gasteiger partial charge is 0.486 e.